The van der Waals surface area contributed by atoms with Gasteiger partial charge >= 0.3 is 0 Å². The first-order chi connectivity index (χ1) is 7.61. The number of hydrogen-bond acceptors (Lipinski definition) is 4. The van der Waals surface area contributed by atoms with E-state index in [4.69, 9.17) is 10.00 Å². The summed E-state index contributed by atoms with van der Waals surface area (Å²) < 4.78 is 4.85. The van der Waals surface area contributed by atoms with Crippen LogP contribution in [0.4, 0.5) is 0 Å². The lowest BCUT2D eigenvalue weighted by Gasteiger charge is -2.06. The minimum absolute atomic E-state index is 0.0890. The van der Waals surface area contributed by atoms with Gasteiger partial charge in [-0.3, -0.25) is 4.79 Å². The zero-order valence-corrected chi connectivity index (χ0v) is 10.0. The van der Waals surface area contributed by atoms with Crippen LogP contribution in [0.2, 0.25) is 0 Å². The normalized spacial score (nSPS) is 11.1. The van der Waals surface area contributed by atoms with Crippen LogP contribution in [0.15, 0.2) is 11.8 Å². The third-order valence-electron chi connectivity index (χ3n) is 1.74. The van der Waals surface area contributed by atoms with E-state index in [1.807, 2.05) is 19.9 Å². The Morgan fingerprint density at radius 3 is 2.75 bits per heavy atom. The number of ether oxygens (including phenoxy) is 1. The van der Waals surface area contributed by atoms with Gasteiger partial charge in [0.05, 0.1) is 0 Å². The molecule has 90 valence electrons. The summed E-state index contributed by atoms with van der Waals surface area (Å²) in [6.07, 6.45) is 2.18. The van der Waals surface area contributed by atoms with Crippen molar-refractivity contribution in [2.45, 2.75) is 26.3 Å². The highest BCUT2D eigenvalue weighted by molar-refractivity contribution is 5.97. The SMILES string of the molecule is COCCCNC(=O)/C(C#N)=C\NC(C)C. The molecular weight excluding hydrogens is 206 g/mol. The van der Waals surface area contributed by atoms with Crippen molar-refractivity contribution in [3.05, 3.63) is 11.8 Å². The van der Waals surface area contributed by atoms with Crippen LogP contribution in [-0.2, 0) is 9.53 Å². The maximum atomic E-state index is 11.5. The predicted octanol–water partition coefficient (Wildman–Crippen LogP) is 0.545. The van der Waals surface area contributed by atoms with Gasteiger partial charge in [0.2, 0.25) is 0 Å². The molecule has 0 rings (SSSR count). The Bertz CT molecular complexity index is 279. The van der Waals surface area contributed by atoms with Crippen molar-refractivity contribution < 1.29 is 9.53 Å². The summed E-state index contributed by atoms with van der Waals surface area (Å²) in [7, 11) is 1.61. The second-order valence-corrected chi connectivity index (χ2v) is 3.59. The summed E-state index contributed by atoms with van der Waals surface area (Å²) >= 11 is 0. The maximum Gasteiger partial charge on any atom is 0.263 e. The highest BCUT2D eigenvalue weighted by atomic mass is 16.5. The van der Waals surface area contributed by atoms with Crippen LogP contribution in [0.5, 0.6) is 0 Å². The van der Waals surface area contributed by atoms with Gasteiger partial charge in [0.25, 0.3) is 5.91 Å². The standard InChI is InChI=1S/C11H19N3O2/c1-9(2)14-8-10(7-12)11(15)13-5-4-6-16-3/h8-9,14H,4-6H2,1-3H3,(H,13,15)/b10-8-. The molecule has 5 nitrogen and oxygen atoms in total. The van der Waals surface area contributed by atoms with Gasteiger partial charge in [0, 0.05) is 32.5 Å². The fourth-order valence-corrected chi connectivity index (χ4v) is 0.912. The summed E-state index contributed by atoms with van der Waals surface area (Å²) in [6, 6.07) is 2.05. The number of nitriles is 1. The predicted molar refractivity (Wildman–Crippen MR) is 61.5 cm³/mol. The summed E-state index contributed by atoms with van der Waals surface area (Å²) in [4.78, 5) is 11.5. The third kappa shape index (κ3) is 6.85. The number of nitrogens with one attached hydrogen (secondary N) is 2. The van der Waals surface area contributed by atoms with Crippen molar-refractivity contribution in [2.24, 2.45) is 0 Å². The Labute approximate surface area is 96.5 Å². The first-order valence-electron chi connectivity index (χ1n) is 5.25. The number of hydrogen-bond donors (Lipinski definition) is 2. The molecule has 16 heavy (non-hydrogen) atoms. The van der Waals surface area contributed by atoms with Crippen molar-refractivity contribution in [3.8, 4) is 6.07 Å². The lowest BCUT2D eigenvalue weighted by atomic mass is 10.3. The van der Waals surface area contributed by atoms with Crippen molar-refractivity contribution in [2.75, 3.05) is 20.3 Å². The summed E-state index contributed by atoms with van der Waals surface area (Å²) in [5.74, 6) is -0.355. The highest BCUT2D eigenvalue weighted by Gasteiger charge is 2.07. The zero-order chi connectivity index (χ0) is 12.4. The number of nitrogens with zero attached hydrogens (tertiary/aromatic N) is 1. The van der Waals surface area contributed by atoms with Crippen LogP contribution in [0.1, 0.15) is 20.3 Å². The molecule has 2 N–H and O–H groups in total. The lowest BCUT2D eigenvalue weighted by molar-refractivity contribution is -0.117. The Morgan fingerprint density at radius 2 is 2.25 bits per heavy atom. The van der Waals surface area contributed by atoms with Crippen molar-refractivity contribution in [1.29, 1.82) is 5.26 Å². The van der Waals surface area contributed by atoms with Gasteiger partial charge < -0.3 is 15.4 Å². The molecule has 0 unspecified atom stereocenters. The molecule has 1 amide bonds. The van der Waals surface area contributed by atoms with E-state index in [0.29, 0.717) is 13.2 Å². The highest BCUT2D eigenvalue weighted by Crippen LogP contribution is 1.91. The molecule has 0 saturated heterocycles. The van der Waals surface area contributed by atoms with Crippen molar-refractivity contribution in [3.63, 3.8) is 0 Å². The van der Waals surface area contributed by atoms with E-state index < -0.39 is 0 Å². The molecule has 0 aliphatic rings. The number of carbonyl (C=O) groups excluding carboxylic acids is 1. The van der Waals surface area contributed by atoms with Crippen molar-refractivity contribution in [1.82, 2.24) is 10.6 Å². The second-order valence-electron chi connectivity index (χ2n) is 3.59. The van der Waals surface area contributed by atoms with Crippen LogP contribution in [0.25, 0.3) is 0 Å². The van der Waals surface area contributed by atoms with Gasteiger partial charge in [-0.05, 0) is 20.3 Å². The maximum absolute atomic E-state index is 11.5. The Hall–Kier alpha value is -1.54. The molecule has 0 atom stereocenters. The number of rotatable bonds is 7. The quantitative estimate of drug-likeness (QED) is 0.377. The summed E-state index contributed by atoms with van der Waals surface area (Å²) in [5, 5.41) is 14.3. The van der Waals surface area contributed by atoms with E-state index in [0.717, 1.165) is 6.42 Å². The van der Waals surface area contributed by atoms with Gasteiger partial charge in [-0.1, -0.05) is 0 Å². The molecule has 0 aliphatic carbocycles. The lowest BCUT2D eigenvalue weighted by Crippen LogP contribution is -2.28. The Kier molecular flexibility index (Phi) is 7.90. The van der Waals surface area contributed by atoms with Crippen LogP contribution >= 0.6 is 0 Å². The Balaban J connectivity index is 4.02. The number of methoxy groups -OCH3 is 1. The fourth-order valence-electron chi connectivity index (χ4n) is 0.912. The molecule has 0 bridgehead atoms. The minimum atomic E-state index is -0.355. The van der Waals surface area contributed by atoms with E-state index in [2.05, 4.69) is 10.6 Å². The Morgan fingerprint density at radius 1 is 1.56 bits per heavy atom. The smallest absolute Gasteiger partial charge is 0.263 e. The third-order valence-corrected chi connectivity index (χ3v) is 1.74. The molecule has 0 heterocycles. The number of carbonyl (C=O) groups is 1. The molecule has 0 aromatic rings. The van der Waals surface area contributed by atoms with E-state index in [-0.39, 0.29) is 17.5 Å². The van der Waals surface area contributed by atoms with Gasteiger partial charge in [0.15, 0.2) is 0 Å². The van der Waals surface area contributed by atoms with Crippen LogP contribution < -0.4 is 10.6 Å². The number of amides is 1. The van der Waals surface area contributed by atoms with Gasteiger partial charge in [-0.2, -0.15) is 5.26 Å². The fraction of sp³-hybridized carbons (Fsp3) is 0.636. The zero-order valence-electron chi connectivity index (χ0n) is 10.0. The molecule has 0 fully saturated rings. The summed E-state index contributed by atoms with van der Waals surface area (Å²) in [6.45, 7) is 4.97. The van der Waals surface area contributed by atoms with E-state index >= 15 is 0 Å². The van der Waals surface area contributed by atoms with Crippen molar-refractivity contribution >= 4 is 5.91 Å². The average Bonchev–Trinajstić information content (AvgIpc) is 2.25. The van der Waals surface area contributed by atoms with Crippen LogP contribution in [-0.4, -0.2) is 32.2 Å². The van der Waals surface area contributed by atoms with Gasteiger partial charge in [0.1, 0.15) is 11.6 Å². The molecule has 0 radical (unpaired) electrons. The molecule has 0 aromatic heterocycles. The molecule has 5 heteroatoms. The second kappa shape index (κ2) is 8.74. The molecular formula is C11H19N3O2. The first-order valence-corrected chi connectivity index (χ1v) is 5.25. The van der Waals surface area contributed by atoms with Gasteiger partial charge in [-0.15, -0.1) is 0 Å². The van der Waals surface area contributed by atoms with E-state index in [1.54, 1.807) is 7.11 Å². The molecule has 0 aliphatic heterocycles. The first kappa shape index (κ1) is 14.5. The summed E-state index contributed by atoms with van der Waals surface area (Å²) in [5.41, 5.74) is 0.0890. The molecule has 0 spiro atoms. The van der Waals surface area contributed by atoms with Crippen LogP contribution in [0, 0.1) is 11.3 Å². The topological polar surface area (TPSA) is 74.1 Å². The molecule has 0 aromatic carbocycles. The van der Waals surface area contributed by atoms with Gasteiger partial charge in [-0.25, -0.2) is 0 Å². The monoisotopic (exact) mass is 225 g/mol. The van der Waals surface area contributed by atoms with E-state index in [9.17, 15) is 4.79 Å². The van der Waals surface area contributed by atoms with E-state index in [1.165, 1.54) is 6.20 Å². The minimum Gasteiger partial charge on any atom is -0.387 e. The largest absolute Gasteiger partial charge is 0.387 e. The van der Waals surface area contributed by atoms with Crippen LogP contribution in [0.3, 0.4) is 0 Å². The average molecular weight is 225 g/mol. The molecule has 0 saturated carbocycles.